The Morgan fingerprint density at radius 3 is 2.71 bits per heavy atom. The molecule has 6 aromatic rings. The minimum atomic E-state index is 0. The quantitative estimate of drug-likeness (QED) is 0.239. The standard InChI is InChI=1S/C27H22N8OS.CH4/c36-27(15-4-1-2-5-15)31-18-8-16(10-28-12-18)17-9-19-24(34-35-25(19)30-11-17)26-32-21-14-29-13-20(23(21)33-26)22-6-3-7-37-22;/h3,6-15H,1-2,4-5H2,(H,31,36)(H,32,33)(H,30,34,35);1H4. The molecule has 7 rings (SSSR count). The first-order valence-electron chi connectivity index (χ1n) is 12.2. The van der Waals surface area contributed by atoms with Crippen LogP contribution in [0.1, 0.15) is 33.1 Å². The number of hydrogen-bond donors (Lipinski definition) is 3. The molecule has 1 aliphatic rings. The normalized spacial score (nSPS) is 13.7. The SMILES string of the molecule is C.O=C(Nc1cncc(-c2cnc3n[nH]c(-c4nc5c(-c6cccs6)cncc5[nH]4)c3c2)c1)C1CCCC1. The lowest BCUT2D eigenvalue weighted by Crippen LogP contribution is -2.20. The van der Waals surface area contributed by atoms with E-state index in [2.05, 4.69) is 41.5 Å². The molecule has 0 bridgehead atoms. The van der Waals surface area contributed by atoms with Gasteiger partial charge in [0.25, 0.3) is 0 Å². The summed E-state index contributed by atoms with van der Waals surface area (Å²) in [5, 5.41) is 13.4. The molecule has 3 N–H and O–H groups in total. The van der Waals surface area contributed by atoms with Crippen molar-refractivity contribution in [1.29, 1.82) is 0 Å². The number of imidazole rings is 1. The van der Waals surface area contributed by atoms with Gasteiger partial charge in [-0.1, -0.05) is 26.3 Å². The molecule has 0 spiro atoms. The number of aromatic nitrogens is 7. The highest BCUT2D eigenvalue weighted by molar-refractivity contribution is 7.13. The van der Waals surface area contributed by atoms with Crippen LogP contribution in [0.15, 0.2) is 60.6 Å². The van der Waals surface area contributed by atoms with Gasteiger partial charge in [0, 0.05) is 46.1 Å². The van der Waals surface area contributed by atoms with Gasteiger partial charge in [-0.05, 0) is 36.4 Å². The summed E-state index contributed by atoms with van der Waals surface area (Å²) in [4.78, 5) is 35.3. The lowest BCUT2D eigenvalue weighted by molar-refractivity contribution is -0.119. The molecule has 0 radical (unpaired) electrons. The van der Waals surface area contributed by atoms with Crippen LogP contribution in [0.2, 0.25) is 0 Å². The van der Waals surface area contributed by atoms with Crippen LogP contribution < -0.4 is 5.32 Å². The van der Waals surface area contributed by atoms with Crippen molar-refractivity contribution in [3.63, 3.8) is 0 Å². The van der Waals surface area contributed by atoms with Gasteiger partial charge in [-0.25, -0.2) is 9.97 Å². The predicted molar refractivity (Wildman–Crippen MR) is 151 cm³/mol. The van der Waals surface area contributed by atoms with Gasteiger partial charge in [-0.2, -0.15) is 5.10 Å². The Morgan fingerprint density at radius 1 is 1.03 bits per heavy atom. The summed E-state index contributed by atoms with van der Waals surface area (Å²) in [5.41, 5.74) is 6.45. The third-order valence-corrected chi connectivity index (χ3v) is 7.80. The molecule has 1 fully saturated rings. The predicted octanol–water partition coefficient (Wildman–Crippen LogP) is 6.45. The number of nitrogens with zero attached hydrogens (tertiary/aromatic N) is 5. The molecular weight excluding hydrogens is 496 g/mol. The lowest BCUT2D eigenvalue weighted by atomic mass is 10.1. The van der Waals surface area contributed by atoms with E-state index in [1.807, 2.05) is 29.8 Å². The molecule has 38 heavy (non-hydrogen) atoms. The van der Waals surface area contributed by atoms with Gasteiger partial charge in [0.05, 0.1) is 29.0 Å². The summed E-state index contributed by atoms with van der Waals surface area (Å²) in [6.45, 7) is 0. The van der Waals surface area contributed by atoms with E-state index in [0.717, 1.165) is 69.4 Å². The van der Waals surface area contributed by atoms with E-state index >= 15 is 0 Å². The van der Waals surface area contributed by atoms with Crippen molar-refractivity contribution in [2.24, 2.45) is 5.92 Å². The first kappa shape index (κ1) is 23.9. The van der Waals surface area contributed by atoms with Crippen molar-refractivity contribution < 1.29 is 4.79 Å². The van der Waals surface area contributed by atoms with Gasteiger partial charge in [-0.3, -0.25) is 19.9 Å². The second-order valence-electron chi connectivity index (χ2n) is 9.27. The molecule has 6 heterocycles. The van der Waals surface area contributed by atoms with Crippen LogP contribution >= 0.6 is 11.3 Å². The summed E-state index contributed by atoms with van der Waals surface area (Å²) >= 11 is 1.66. The lowest BCUT2D eigenvalue weighted by Gasteiger charge is -2.11. The fourth-order valence-corrected chi connectivity index (χ4v) is 5.74. The van der Waals surface area contributed by atoms with Crippen LogP contribution in [0, 0.1) is 5.92 Å². The molecule has 0 atom stereocenters. The molecule has 1 aliphatic carbocycles. The number of carbonyl (C=O) groups excluding carboxylic acids is 1. The van der Waals surface area contributed by atoms with Gasteiger partial charge in [0.15, 0.2) is 11.5 Å². The smallest absolute Gasteiger partial charge is 0.227 e. The van der Waals surface area contributed by atoms with Crippen molar-refractivity contribution >= 4 is 45.0 Å². The number of H-pyrrole nitrogens is 2. The highest BCUT2D eigenvalue weighted by atomic mass is 32.1. The first-order valence-corrected chi connectivity index (χ1v) is 13.1. The number of thiophene rings is 1. The Kier molecular flexibility index (Phi) is 6.16. The number of nitrogens with one attached hydrogen (secondary N) is 3. The molecule has 6 aromatic heterocycles. The molecule has 10 heteroatoms. The maximum atomic E-state index is 12.6. The molecular formula is C28H26N8OS. The maximum absolute atomic E-state index is 12.6. The maximum Gasteiger partial charge on any atom is 0.227 e. The molecule has 0 unspecified atom stereocenters. The molecule has 0 aliphatic heterocycles. The van der Waals surface area contributed by atoms with Crippen LogP contribution in [0.25, 0.3) is 55.2 Å². The third-order valence-electron chi connectivity index (χ3n) is 6.89. The van der Waals surface area contributed by atoms with E-state index in [0.29, 0.717) is 17.2 Å². The van der Waals surface area contributed by atoms with Crippen LogP contribution in [-0.4, -0.2) is 41.0 Å². The van der Waals surface area contributed by atoms with Crippen molar-refractivity contribution in [1.82, 2.24) is 35.1 Å². The van der Waals surface area contributed by atoms with Crippen molar-refractivity contribution in [2.45, 2.75) is 33.1 Å². The van der Waals surface area contributed by atoms with Crippen molar-refractivity contribution in [2.75, 3.05) is 5.32 Å². The van der Waals surface area contributed by atoms with E-state index in [1.165, 1.54) is 0 Å². The summed E-state index contributed by atoms with van der Waals surface area (Å²) < 4.78 is 0. The van der Waals surface area contributed by atoms with Crippen LogP contribution in [-0.2, 0) is 4.79 Å². The van der Waals surface area contributed by atoms with E-state index in [4.69, 9.17) is 4.98 Å². The fourth-order valence-electron chi connectivity index (χ4n) is 5.00. The summed E-state index contributed by atoms with van der Waals surface area (Å²) in [7, 11) is 0. The van der Waals surface area contributed by atoms with Crippen LogP contribution in [0.5, 0.6) is 0 Å². The minimum absolute atomic E-state index is 0. The van der Waals surface area contributed by atoms with E-state index in [-0.39, 0.29) is 19.3 Å². The van der Waals surface area contributed by atoms with Gasteiger partial charge in [-0.15, -0.1) is 11.3 Å². The third kappa shape index (κ3) is 4.22. The topological polar surface area (TPSA) is 125 Å². The van der Waals surface area contributed by atoms with E-state index in [9.17, 15) is 4.79 Å². The summed E-state index contributed by atoms with van der Waals surface area (Å²) in [5.74, 6) is 0.830. The van der Waals surface area contributed by atoms with E-state index in [1.54, 1.807) is 36.1 Å². The monoisotopic (exact) mass is 522 g/mol. The van der Waals surface area contributed by atoms with Gasteiger partial charge >= 0.3 is 0 Å². The number of aromatic amines is 2. The zero-order valence-electron chi connectivity index (χ0n) is 19.7. The first-order chi connectivity index (χ1) is 18.2. The second-order valence-corrected chi connectivity index (χ2v) is 10.2. The second kappa shape index (κ2) is 9.79. The average Bonchev–Trinajstić information content (AvgIpc) is 3.74. The Balaban J connectivity index is 0.00000264. The number of anilines is 1. The van der Waals surface area contributed by atoms with Crippen molar-refractivity contribution in [3.05, 3.63) is 60.6 Å². The highest BCUT2D eigenvalue weighted by Gasteiger charge is 2.23. The number of fused-ring (bicyclic) bond motifs is 2. The molecule has 0 saturated heterocycles. The molecule has 1 saturated carbocycles. The number of carbonyl (C=O) groups is 1. The van der Waals surface area contributed by atoms with Gasteiger partial charge in [0.2, 0.25) is 5.91 Å². The molecule has 9 nitrogen and oxygen atoms in total. The molecule has 1 amide bonds. The summed E-state index contributed by atoms with van der Waals surface area (Å²) in [6, 6.07) is 8.04. The number of rotatable bonds is 5. The summed E-state index contributed by atoms with van der Waals surface area (Å²) in [6.07, 6.45) is 13.0. The molecule has 0 aromatic carbocycles. The van der Waals surface area contributed by atoms with Crippen LogP contribution in [0.4, 0.5) is 5.69 Å². The molecule has 190 valence electrons. The van der Waals surface area contributed by atoms with Crippen molar-refractivity contribution in [3.8, 4) is 33.1 Å². The van der Waals surface area contributed by atoms with Gasteiger partial charge < -0.3 is 10.3 Å². The highest BCUT2D eigenvalue weighted by Crippen LogP contribution is 2.34. The minimum Gasteiger partial charge on any atom is -0.335 e. The largest absolute Gasteiger partial charge is 0.335 e. The number of pyridine rings is 3. The Bertz CT molecular complexity index is 1750. The zero-order valence-corrected chi connectivity index (χ0v) is 20.5. The van der Waals surface area contributed by atoms with Gasteiger partial charge in [0.1, 0.15) is 11.2 Å². The Labute approximate surface area is 222 Å². The average molecular weight is 523 g/mol. The zero-order chi connectivity index (χ0) is 24.8. The van der Waals surface area contributed by atoms with E-state index < -0.39 is 0 Å². The number of hydrogen-bond acceptors (Lipinski definition) is 7. The Hall–Kier alpha value is -4.44. The van der Waals surface area contributed by atoms with Crippen LogP contribution in [0.3, 0.4) is 0 Å². The Morgan fingerprint density at radius 2 is 1.87 bits per heavy atom. The fraction of sp³-hybridized carbons (Fsp3) is 0.214. The number of amides is 1.